The highest BCUT2D eigenvalue weighted by Gasteiger charge is 2.15. The minimum atomic E-state index is -0.0128. The maximum absolute atomic E-state index is 12.3. The molecule has 1 aromatic carbocycles. The Hall–Kier alpha value is -2.30. The van der Waals surface area contributed by atoms with Crippen molar-refractivity contribution in [3.8, 4) is 0 Å². The number of nitrogens with one attached hydrogen (secondary N) is 2. The summed E-state index contributed by atoms with van der Waals surface area (Å²) in [7, 11) is 3.59. The maximum Gasteiger partial charge on any atom is 0.255 e. The standard InChI is InChI=1S/C13H16N4O/c1-14-12-6-4-3-5-11(12)13(18)17(2)9-10-7-15-16-8-10/h3-8,14H,9H2,1-2H3,(H,15,16). The van der Waals surface area contributed by atoms with Crippen LogP contribution in [0, 0.1) is 0 Å². The van der Waals surface area contributed by atoms with Gasteiger partial charge in [-0.1, -0.05) is 12.1 Å². The predicted octanol–water partition coefficient (Wildman–Crippen LogP) is 1.72. The molecule has 0 radical (unpaired) electrons. The van der Waals surface area contributed by atoms with Crippen molar-refractivity contribution in [2.24, 2.45) is 0 Å². The lowest BCUT2D eigenvalue weighted by Crippen LogP contribution is -2.26. The van der Waals surface area contributed by atoms with Crippen molar-refractivity contribution in [1.82, 2.24) is 15.1 Å². The van der Waals surface area contributed by atoms with Crippen LogP contribution < -0.4 is 5.32 Å². The first kappa shape index (κ1) is 12.2. The molecule has 0 aliphatic heterocycles. The zero-order valence-electron chi connectivity index (χ0n) is 10.5. The van der Waals surface area contributed by atoms with Gasteiger partial charge in [0.1, 0.15) is 0 Å². The van der Waals surface area contributed by atoms with E-state index >= 15 is 0 Å². The average Bonchev–Trinajstić information content (AvgIpc) is 2.90. The van der Waals surface area contributed by atoms with E-state index in [-0.39, 0.29) is 5.91 Å². The molecule has 0 fully saturated rings. The number of para-hydroxylation sites is 1. The van der Waals surface area contributed by atoms with Crippen LogP contribution in [-0.2, 0) is 6.54 Å². The second-order valence-corrected chi connectivity index (χ2v) is 4.06. The molecule has 2 rings (SSSR count). The molecule has 0 aliphatic carbocycles. The zero-order valence-corrected chi connectivity index (χ0v) is 10.5. The smallest absolute Gasteiger partial charge is 0.255 e. The van der Waals surface area contributed by atoms with Crippen molar-refractivity contribution in [1.29, 1.82) is 0 Å². The Bertz CT molecular complexity index is 522. The molecular weight excluding hydrogens is 228 g/mol. The van der Waals surface area contributed by atoms with Crippen LogP contribution in [0.25, 0.3) is 0 Å². The number of hydrogen-bond acceptors (Lipinski definition) is 3. The molecule has 1 heterocycles. The zero-order chi connectivity index (χ0) is 13.0. The minimum Gasteiger partial charge on any atom is -0.387 e. The number of aromatic amines is 1. The van der Waals surface area contributed by atoms with Crippen LogP contribution in [0.15, 0.2) is 36.7 Å². The number of nitrogens with zero attached hydrogens (tertiary/aromatic N) is 2. The van der Waals surface area contributed by atoms with Gasteiger partial charge in [0.05, 0.1) is 11.8 Å². The molecule has 1 aromatic heterocycles. The summed E-state index contributed by atoms with van der Waals surface area (Å²) in [6.45, 7) is 0.535. The lowest BCUT2D eigenvalue weighted by Gasteiger charge is -2.18. The third-order valence-electron chi connectivity index (χ3n) is 2.75. The quantitative estimate of drug-likeness (QED) is 0.861. The molecule has 94 valence electrons. The van der Waals surface area contributed by atoms with Crippen LogP contribution >= 0.6 is 0 Å². The lowest BCUT2D eigenvalue weighted by molar-refractivity contribution is 0.0786. The summed E-state index contributed by atoms with van der Waals surface area (Å²) in [6, 6.07) is 7.47. The fourth-order valence-electron chi connectivity index (χ4n) is 1.80. The molecule has 1 amide bonds. The minimum absolute atomic E-state index is 0.0128. The summed E-state index contributed by atoms with van der Waals surface area (Å²) < 4.78 is 0. The number of H-pyrrole nitrogens is 1. The first-order valence-corrected chi connectivity index (χ1v) is 5.72. The van der Waals surface area contributed by atoms with Gasteiger partial charge < -0.3 is 10.2 Å². The molecule has 2 N–H and O–H groups in total. The Morgan fingerprint density at radius 3 is 2.89 bits per heavy atom. The number of anilines is 1. The molecule has 0 bridgehead atoms. The van der Waals surface area contributed by atoms with Crippen LogP contribution in [0.4, 0.5) is 5.69 Å². The lowest BCUT2D eigenvalue weighted by atomic mass is 10.1. The molecule has 0 unspecified atom stereocenters. The van der Waals surface area contributed by atoms with E-state index in [1.807, 2.05) is 31.3 Å². The van der Waals surface area contributed by atoms with E-state index in [0.717, 1.165) is 11.3 Å². The predicted molar refractivity (Wildman–Crippen MR) is 70.4 cm³/mol. The van der Waals surface area contributed by atoms with Crippen molar-refractivity contribution in [2.45, 2.75) is 6.54 Å². The monoisotopic (exact) mass is 244 g/mol. The fraction of sp³-hybridized carbons (Fsp3) is 0.231. The summed E-state index contributed by atoms with van der Waals surface area (Å²) in [5, 5.41) is 9.63. The van der Waals surface area contributed by atoms with E-state index in [9.17, 15) is 4.79 Å². The Morgan fingerprint density at radius 1 is 1.44 bits per heavy atom. The van der Waals surface area contributed by atoms with Gasteiger partial charge in [-0.3, -0.25) is 9.89 Å². The maximum atomic E-state index is 12.3. The highest BCUT2D eigenvalue weighted by Crippen LogP contribution is 2.16. The Kier molecular flexibility index (Phi) is 3.62. The second kappa shape index (κ2) is 5.35. The topological polar surface area (TPSA) is 61.0 Å². The van der Waals surface area contributed by atoms with Crippen molar-refractivity contribution in [3.05, 3.63) is 47.8 Å². The van der Waals surface area contributed by atoms with Gasteiger partial charge in [-0.25, -0.2) is 0 Å². The summed E-state index contributed by atoms with van der Waals surface area (Å²) in [6.07, 6.45) is 3.50. The van der Waals surface area contributed by atoms with Crippen LogP contribution in [0.5, 0.6) is 0 Å². The van der Waals surface area contributed by atoms with Gasteiger partial charge in [-0.15, -0.1) is 0 Å². The first-order valence-electron chi connectivity index (χ1n) is 5.72. The highest BCUT2D eigenvalue weighted by molar-refractivity contribution is 5.99. The normalized spacial score (nSPS) is 10.1. The van der Waals surface area contributed by atoms with Crippen molar-refractivity contribution < 1.29 is 4.79 Å². The second-order valence-electron chi connectivity index (χ2n) is 4.06. The van der Waals surface area contributed by atoms with Crippen molar-refractivity contribution >= 4 is 11.6 Å². The van der Waals surface area contributed by atoms with Crippen LogP contribution in [-0.4, -0.2) is 35.1 Å². The number of carbonyl (C=O) groups excluding carboxylic acids is 1. The molecule has 0 aliphatic rings. The summed E-state index contributed by atoms with van der Waals surface area (Å²) in [4.78, 5) is 14.0. The third kappa shape index (κ3) is 2.51. The van der Waals surface area contributed by atoms with Gasteiger partial charge >= 0.3 is 0 Å². The molecule has 0 spiro atoms. The highest BCUT2D eigenvalue weighted by atomic mass is 16.2. The third-order valence-corrected chi connectivity index (χ3v) is 2.75. The Labute approximate surface area is 106 Å². The van der Waals surface area contributed by atoms with Gasteiger partial charge in [0.15, 0.2) is 0 Å². The number of aromatic nitrogens is 2. The molecule has 0 atom stereocenters. The molecule has 5 heteroatoms. The average molecular weight is 244 g/mol. The molecule has 18 heavy (non-hydrogen) atoms. The van der Waals surface area contributed by atoms with E-state index in [1.54, 1.807) is 24.3 Å². The molecular formula is C13H16N4O. The van der Waals surface area contributed by atoms with Gasteiger partial charge in [0, 0.05) is 38.1 Å². The summed E-state index contributed by atoms with van der Waals surface area (Å²) in [5.74, 6) is -0.0128. The van der Waals surface area contributed by atoms with E-state index in [4.69, 9.17) is 0 Å². The van der Waals surface area contributed by atoms with Crippen LogP contribution in [0.3, 0.4) is 0 Å². The van der Waals surface area contributed by atoms with Gasteiger partial charge in [0.2, 0.25) is 0 Å². The van der Waals surface area contributed by atoms with Gasteiger partial charge in [0.25, 0.3) is 5.91 Å². The van der Waals surface area contributed by atoms with Crippen LogP contribution in [0.1, 0.15) is 15.9 Å². The van der Waals surface area contributed by atoms with E-state index < -0.39 is 0 Å². The number of hydrogen-bond donors (Lipinski definition) is 2. The number of carbonyl (C=O) groups is 1. The van der Waals surface area contributed by atoms with E-state index in [1.165, 1.54) is 0 Å². The van der Waals surface area contributed by atoms with E-state index in [0.29, 0.717) is 12.1 Å². The SMILES string of the molecule is CNc1ccccc1C(=O)N(C)Cc1cn[nH]c1. The Morgan fingerprint density at radius 2 is 2.22 bits per heavy atom. The van der Waals surface area contributed by atoms with E-state index in [2.05, 4.69) is 15.5 Å². The number of amides is 1. The van der Waals surface area contributed by atoms with Crippen LogP contribution in [0.2, 0.25) is 0 Å². The van der Waals surface area contributed by atoms with Gasteiger partial charge in [-0.05, 0) is 12.1 Å². The first-order chi connectivity index (χ1) is 8.72. The number of benzene rings is 1. The summed E-state index contributed by atoms with van der Waals surface area (Å²) in [5.41, 5.74) is 2.49. The number of rotatable bonds is 4. The summed E-state index contributed by atoms with van der Waals surface area (Å²) >= 11 is 0. The van der Waals surface area contributed by atoms with Crippen molar-refractivity contribution in [2.75, 3.05) is 19.4 Å². The molecule has 0 saturated carbocycles. The fourth-order valence-corrected chi connectivity index (χ4v) is 1.80. The molecule has 5 nitrogen and oxygen atoms in total. The largest absolute Gasteiger partial charge is 0.387 e. The Balaban J connectivity index is 2.15. The van der Waals surface area contributed by atoms with Gasteiger partial charge in [-0.2, -0.15) is 5.10 Å². The molecule has 2 aromatic rings. The van der Waals surface area contributed by atoms with Crippen molar-refractivity contribution in [3.63, 3.8) is 0 Å². The molecule has 0 saturated heterocycles.